The molecule has 1 aliphatic rings. The molecule has 0 radical (unpaired) electrons. The van der Waals surface area contributed by atoms with Crippen molar-refractivity contribution < 1.29 is 14.3 Å². The number of carbonyl (C=O) groups is 1. The smallest absolute Gasteiger partial charge is 0.317 e. The van der Waals surface area contributed by atoms with E-state index in [-0.39, 0.29) is 30.9 Å². The number of carbonyl (C=O) groups excluding carboxylic acids is 1. The number of urea groups is 1. The number of rotatable bonds is 3. The van der Waals surface area contributed by atoms with Gasteiger partial charge in [-0.25, -0.2) is 9.18 Å². The lowest BCUT2D eigenvalue weighted by molar-refractivity contribution is 0.198. The van der Waals surface area contributed by atoms with Gasteiger partial charge in [-0.2, -0.15) is 0 Å². The van der Waals surface area contributed by atoms with Gasteiger partial charge in [-0.15, -0.1) is 0 Å². The number of amides is 2. The van der Waals surface area contributed by atoms with Crippen molar-refractivity contribution in [1.82, 2.24) is 10.2 Å². The molecule has 19 heavy (non-hydrogen) atoms. The summed E-state index contributed by atoms with van der Waals surface area (Å²) in [7, 11) is 0. The lowest BCUT2D eigenvalue weighted by Gasteiger charge is -2.17. The Labute approximate surface area is 119 Å². The fourth-order valence-corrected chi connectivity index (χ4v) is 2.54. The Hall–Kier alpha value is -1.14. The summed E-state index contributed by atoms with van der Waals surface area (Å²) in [4.78, 5) is 13.5. The number of hydrogen-bond donors (Lipinski definition) is 2. The lowest BCUT2D eigenvalue weighted by Crippen LogP contribution is -2.38. The van der Waals surface area contributed by atoms with Gasteiger partial charge in [0.1, 0.15) is 5.82 Å². The number of aliphatic hydroxyl groups excluding tert-OH is 1. The molecule has 2 amide bonds. The van der Waals surface area contributed by atoms with Crippen molar-refractivity contribution in [3.05, 3.63) is 34.1 Å². The van der Waals surface area contributed by atoms with E-state index >= 15 is 0 Å². The normalized spacial score (nSPS) is 18.7. The number of halogens is 2. The summed E-state index contributed by atoms with van der Waals surface area (Å²) in [5, 5.41) is 11.7. The molecule has 1 atom stereocenters. The number of nitrogens with zero attached hydrogens (tertiary/aromatic N) is 1. The van der Waals surface area contributed by atoms with Gasteiger partial charge < -0.3 is 15.3 Å². The van der Waals surface area contributed by atoms with E-state index in [0.29, 0.717) is 18.7 Å². The minimum absolute atomic E-state index is 0.101. The van der Waals surface area contributed by atoms with Crippen LogP contribution in [-0.2, 0) is 6.54 Å². The van der Waals surface area contributed by atoms with Crippen molar-refractivity contribution in [2.75, 3.05) is 19.7 Å². The largest absolute Gasteiger partial charge is 0.396 e. The van der Waals surface area contributed by atoms with Crippen molar-refractivity contribution >= 4 is 22.0 Å². The molecule has 1 aromatic carbocycles. The molecule has 6 heteroatoms. The maximum Gasteiger partial charge on any atom is 0.317 e. The molecule has 1 unspecified atom stereocenters. The zero-order chi connectivity index (χ0) is 13.8. The van der Waals surface area contributed by atoms with E-state index in [1.54, 1.807) is 17.0 Å². The maximum atomic E-state index is 13.5. The number of aliphatic hydroxyl groups is 1. The Bertz CT molecular complexity index is 470. The van der Waals surface area contributed by atoms with E-state index < -0.39 is 0 Å². The van der Waals surface area contributed by atoms with Gasteiger partial charge in [0, 0.05) is 42.2 Å². The Kier molecular flexibility index (Phi) is 4.76. The topological polar surface area (TPSA) is 52.6 Å². The third-order valence-electron chi connectivity index (χ3n) is 3.27. The Balaban J connectivity index is 1.88. The molecule has 0 bridgehead atoms. The van der Waals surface area contributed by atoms with Crippen LogP contribution < -0.4 is 5.32 Å². The van der Waals surface area contributed by atoms with E-state index in [1.165, 1.54) is 6.07 Å². The molecule has 1 aromatic rings. The van der Waals surface area contributed by atoms with Crippen LogP contribution in [0.3, 0.4) is 0 Å². The molecule has 104 valence electrons. The van der Waals surface area contributed by atoms with Crippen molar-refractivity contribution in [1.29, 1.82) is 0 Å². The summed E-state index contributed by atoms with van der Waals surface area (Å²) in [5.41, 5.74) is 0.445. The highest BCUT2D eigenvalue weighted by Crippen LogP contribution is 2.17. The van der Waals surface area contributed by atoms with Crippen molar-refractivity contribution in [2.45, 2.75) is 13.0 Å². The van der Waals surface area contributed by atoms with Gasteiger partial charge in [0.15, 0.2) is 0 Å². The summed E-state index contributed by atoms with van der Waals surface area (Å²) in [6, 6.07) is 4.42. The highest BCUT2D eigenvalue weighted by molar-refractivity contribution is 9.10. The van der Waals surface area contributed by atoms with Crippen LogP contribution in [0.4, 0.5) is 9.18 Å². The number of likely N-dealkylation sites (tertiary alicyclic amines) is 1. The van der Waals surface area contributed by atoms with Gasteiger partial charge in [0.25, 0.3) is 0 Å². The molecule has 0 spiro atoms. The minimum Gasteiger partial charge on any atom is -0.396 e. The van der Waals surface area contributed by atoms with Crippen LogP contribution in [0.1, 0.15) is 12.0 Å². The van der Waals surface area contributed by atoms with Gasteiger partial charge in [-0.05, 0) is 24.6 Å². The first-order chi connectivity index (χ1) is 9.10. The zero-order valence-electron chi connectivity index (χ0n) is 10.4. The van der Waals surface area contributed by atoms with Crippen LogP contribution >= 0.6 is 15.9 Å². The average Bonchev–Trinajstić information content (AvgIpc) is 2.88. The van der Waals surface area contributed by atoms with Crippen LogP contribution in [0.5, 0.6) is 0 Å². The average molecular weight is 331 g/mol. The summed E-state index contributed by atoms with van der Waals surface area (Å²) in [6.45, 7) is 1.45. The molecule has 2 rings (SSSR count). The minimum atomic E-state index is -0.335. The van der Waals surface area contributed by atoms with Gasteiger partial charge >= 0.3 is 6.03 Å². The van der Waals surface area contributed by atoms with Gasteiger partial charge in [-0.1, -0.05) is 15.9 Å². The van der Waals surface area contributed by atoms with Crippen molar-refractivity contribution in [2.24, 2.45) is 5.92 Å². The lowest BCUT2D eigenvalue weighted by atomic mass is 10.1. The van der Waals surface area contributed by atoms with Crippen LogP contribution in [0.2, 0.25) is 0 Å². The first-order valence-corrected chi connectivity index (χ1v) is 6.97. The molecule has 4 nitrogen and oxygen atoms in total. The Morgan fingerprint density at radius 3 is 3.05 bits per heavy atom. The molecule has 0 saturated carbocycles. The van der Waals surface area contributed by atoms with Crippen LogP contribution in [0, 0.1) is 11.7 Å². The molecule has 0 aliphatic carbocycles. The Morgan fingerprint density at radius 2 is 2.37 bits per heavy atom. The Morgan fingerprint density at radius 1 is 1.58 bits per heavy atom. The van der Waals surface area contributed by atoms with Crippen LogP contribution in [-0.4, -0.2) is 35.7 Å². The second-order valence-electron chi connectivity index (χ2n) is 4.68. The van der Waals surface area contributed by atoms with E-state index in [0.717, 1.165) is 10.9 Å². The molecule has 2 N–H and O–H groups in total. The van der Waals surface area contributed by atoms with Gasteiger partial charge in [-0.3, -0.25) is 0 Å². The number of benzene rings is 1. The number of nitrogens with one attached hydrogen (secondary N) is 1. The molecule has 1 fully saturated rings. The predicted molar refractivity (Wildman–Crippen MR) is 73.1 cm³/mol. The highest BCUT2D eigenvalue weighted by Gasteiger charge is 2.25. The molecule has 1 aliphatic heterocycles. The first-order valence-electron chi connectivity index (χ1n) is 6.17. The SMILES string of the molecule is O=C(NCc1cc(Br)ccc1F)N1CCC(CO)C1. The molecular weight excluding hydrogens is 315 g/mol. The monoisotopic (exact) mass is 330 g/mol. The first kappa shape index (κ1) is 14.3. The second-order valence-corrected chi connectivity index (χ2v) is 5.59. The highest BCUT2D eigenvalue weighted by atomic mass is 79.9. The van der Waals surface area contributed by atoms with Crippen molar-refractivity contribution in [3.8, 4) is 0 Å². The second kappa shape index (κ2) is 6.34. The molecule has 1 heterocycles. The number of hydrogen-bond acceptors (Lipinski definition) is 2. The fourth-order valence-electron chi connectivity index (χ4n) is 2.13. The summed E-state index contributed by atoms with van der Waals surface area (Å²) < 4.78 is 14.3. The van der Waals surface area contributed by atoms with Gasteiger partial charge in [0.05, 0.1) is 0 Å². The standard InChI is InChI=1S/C13H16BrFN2O2/c14-11-1-2-12(15)10(5-11)6-16-13(19)17-4-3-9(7-17)8-18/h1-2,5,9,18H,3-4,6-8H2,(H,16,19). The summed E-state index contributed by atoms with van der Waals surface area (Å²) in [6.07, 6.45) is 0.815. The molecule has 1 saturated heterocycles. The van der Waals surface area contributed by atoms with E-state index in [4.69, 9.17) is 5.11 Å². The predicted octanol–water partition coefficient (Wildman–Crippen LogP) is 2.11. The van der Waals surface area contributed by atoms with E-state index in [1.807, 2.05) is 0 Å². The molecular formula is C13H16BrFN2O2. The van der Waals surface area contributed by atoms with Crippen LogP contribution in [0.15, 0.2) is 22.7 Å². The fraction of sp³-hybridized carbons (Fsp3) is 0.462. The third kappa shape index (κ3) is 3.67. The summed E-state index contributed by atoms with van der Waals surface area (Å²) in [5.74, 6) is -0.175. The van der Waals surface area contributed by atoms with Crippen LogP contribution in [0.25, 0.3) is 0 Å². The van der Waals surface area contributed by atoms with Gasteiger partial charge in [0.2, 0.25) is 0 Å². The maximum absolute atomic E-state index is 13.5. The quantitative estimate of drug-likeness (QED) is 0.891. The third-order valence-corrected chi connectivity index (χ3v) is 3.76. The summed E-state index contributed by atoms with van der Waals surface area (Å²) >= 11 is 3.27. The van der Waals surface area contributed by atoms with E-state index in [9.17, 15) is 9.18 Å². The van der Waals surface area contributed by atoms with Crippen molar-refractivity contribution in [3.63, 3.8) is 0 Å². The zero-order valence-corrected chi connectivity index (χ0v) is 12.0. The molecule has 0 aromatic heterocycles. The van der Waals surface area contributed by atoms with E-state index in [2.05, 4.69) is 21.2 Å².